The van der Waals surface area contributed by atoms with Crippen LogP contribution in [0.2, 0.25) is 0 Å². The molecule has 7 heteroatoms. The molecule has 0 aliphatic carbocycles. The number of aliphatic hydroxyl groups is 1. The number of benzene rings is 1. The summed E-state index contributed by atoms with van der Waals surface area (Å²) in [7, 11) is 3.26. The molecule has 26 heavy (non-hydrogen) atoms. The number of hydrogen-bond donors (Lipinski definition) is 2. The Morgan fingerprint density at radius 3 is 2.46 bits per heavy atom. The van der Waals surface area contributed by atoms with Crippen molar-refractivity contribution >= 4 is 5.91 Å². The van der Waals surface area contributed by atoms with Crippen molar-refractivity contribution in [1.82, 2.24) is 4.90 Å². The maximum atomic E-state index is 12.4. The maximum absolute atomic E-state index is 12.4. The van der Waals surface area contributed by atoms with Gasteiger partial charge < -0.3 is 30.0 Å². The van der Waals surface area contributed by atoms with Crippen molar-refractivity contribution < 1.29 is 24.1 Å². The van der Waals surface area contributed by atoms with E-state index in [1.54, 1.807) is 19.1 Å². The number of carbonyl (C=O) groups excluding carboxylic acids is 1. The highest BCUT2D eigenvalue weighted by atomic mass is 16.5. The molecule has 144 valence electrons. The van der Waals surface area contributed by atoms with Crippen LogP contribution >= 0.6 is 0 Å². The number of nitrogens with two attached hydrogens (primary N) is 1. The monoisotopic (exact) mass is 364 g/mol. The van der Waals surface area contributed by atoms with Crippen molar-refractivity contribution in [2.75, 3.05) is 33.9 Å². The van der Waals surface area contributed by atoms with Crippen LogP contribution in [0, 0.1) is 0 Å². The van der Waals surface area contributed by atoms with E-state index in [0.29, 0.717) is 38.3 Å². The lowest BCUT2D eigenvalue weighted by molar-refractivity contribution is -0.144. The lowest BCUT2D eigenvalue weighted by Gasteiger charge is -2.45. The summed E-state index contributed by atoms with van der Waals surface area (Å²) >= 11 is 0. The van der Waals surface area contributed by atoms with Crippen molar-refractivity contribution in [1.29, 1.82) is 0 Å². The second kappa shape index (κ2) is 7.42. The number of methoxy groups -OCH3 is 2. The summed E-state index contributed by atoms with van der Waals surface area (Å²) < 4.78 is 17.1. The summed E-state index contributed by atoms with van der Waals surface area (Å²) in [4.78, 5) is 14.1. The van der Waals surface area contributed by atoms with E-state index in [1.165, 1.54) is 12.5 Å². The first-order chi connectivity index (χ1) is 12.4. The summed E-state index contributed by atoms with van der Waals surface area (Å²) in [6, 6.07) is 3.15. The van der Waals surface area contributed by atoms with Gasteiger partial charge in [-0.3, -0.25) is 4.79 Å². The lowest BCUT2D eigenvalue weighted by Crippen LogP contribution is -2.54. The molecule has 2 aliphatic rings. The molecule has 3 rings (SSSR count). The average molecular weight is 364 g/mol. The number of aliphatic hydroxyl groups excluding tert-OH is 1. The zero-order valence-corrected chi connectivity index (χ0v) is 15.7. The molecule has 1 fully saturated rings. The number of likely N-dealkylation sites (tertiary alicyclic amines) is 1. The van der Waals surface area contributed by atoms with Crippen LogP contribution in [-0.2, 0) is 21.6 Å². The fraction of sp³-hybridized carbons (Fsp3) is 0.632. The highest BCUT2D eigenvalue weighted by Crippen LogP contribution is 2.45. The molecule has 0 radical (unpaired) electrons. The van der Waals surface area contributed by atoms with Crippen LogP contribution in [0.4, 0.5) is 0 Å². The molecule has 1 aromatic rings. The van der Waals surface area contributed by atoms with E-state index in [4.69, 9.17) is 19.9 Å². The topological polar surface area (TPSA) is 94.3 Å². The zero-order valence-electron chi connectivity index (χ0n) is 15.7. The first-order valence-electron chi connectivity index (χ1n) is 9.03. The first kappa shape index (κ1) is 18.9. The van der Waals surface area contributed by atoms with Crippen LogP contribution in [-0.4, -0.2) is 62.0 Å². The number of piperidine rings is 1. The van der Waals surface area contributed by atoms with Gasteiger partial charge in [-0.1, -0.05) is 0 Å². The van der Waals surface area contributed by atoms with Crippen LogP contribution in [0.25, 0.3) is 0 Å². The number of carbonyl (C=O) groups is 1. The quantitative estimate of drug-likeness (QED) is 0.821. The van der Waals surface area contributed by atoms with Crippen molar-refractivity contribution in [2.24, 2.45) is 5.73 Å². The van der Waals surface area contributed by atoms with Gasteiger partial charge in [0.1, 0.15) is 6.04 Å². The molecule has 2 heterocycles. The van der Waals surface area contributed by atoms with Gasteiger partial charge in [0.15, 0.2) is 11.5 Å². The summed E-state index contributed by atoms with van der Waals surface area (Å²) in [6.45, 7) is 3.28. The Morgan fingerprint density at radius 2 is 1.88 bits per heavy atom. The highest BCUT2D eigenvalue weighted by molar-refractivity contribution is 5.82. The third-order valence-corrected chi connectivity index (χ3v) is 5.54. The third kappa shape index (κ3) is 3.26. The number of ether oxygens (including phenoxy) is 3. The van der Waals surface area contributed by atoms with Gasteiger partial charge in [0.2, 0.25) is 5.91 Å². The molecular weight excluding hydrogens is 336 g/mol. The fourth-order valence-corrected chi connectivity index (χ4v) is 3.91. The van der Waals surface area contributed by atoms with E-state index >= 15 is 0 Å². The number of fused-ring (bicyclic) bond motifs is 2. The Kier molecular flexibility index (Phi) is 5.41. The third-order valence-electron chi connectivity index (χ3n) is 5.54. The van der Waals surface area contributed by atoms with Gasteiger partial charge in [-0.25, -0.2) is 0 Å². The second-order valence-corrected chi connectivity index (χ2v) is 7.05. The van der Waals surface area contributed by atoms with Crippen LogP contribution in [0.15, 0.2) is 12.1 Å². The van der Waals surface area contributed by atoms with Crippen molar-refractivity contribution in [3.63, 3.8) is 0 Å². The van der Waals surface area contributed by atoms with Crippen molar-refractivity contribution in [2.45, 2.75) is 43.9 Å². The SMILES string of the molecule is COc1cc2c(cc1OC)C1(CCN(C(=O)[C@@H](N)[C@@H](C)O)CC1)OCC2. The molecule has 1 aromatic carbocycles. The molecule has 0 saturated carbocycles. The molecule has 1 saturated heterocycles. The molecule has 2 atom stereocenters. The lowest BCUT2D eigenvalue weighted by atomic mass is 9.79. The second-order valence-electron chi connectivity index (χ2n) is 7.05. The summed E-state index contributed by atoms with van der Waals surface area (Å²) in [6.07, 6.45) is 1.34. The van der Waals surface area contributed by atoms with E-state index < -0.39 is 17.7 Å². The van der Waals surface area contributed by atoms with Gasteiger partial charge in [0, 0.05) is 13.1 Å². The van der Waals surface area contributed by atoms with E-state index in [1.807, 2.05) is 12.1 Å². The normalized spacial score (nSPS) is 21.0. The van der Waals surface area contributed by atoms with E-state index in [9.17, 15) is 9.90 Å². The minimum Gasteiger partial charge on any atom is -0.493 e. The summed E-state index contributed by atoms with van der Waals surface area (Å²) in [5, 5.41) is 9.58. The summed E-state index contributed by atoms with van der Waals surface area (Å²) in [5.41, 5.74) is 7.71. The van der Waals surface area contributed by atoms with Gasteiger partial charge in [-0.2, -0.15) is 0 Å². The summed E-state index contributed by atoms with van der Waals surface area (Å²) in [5.74, 6) is 1.20. The minimum atomic E-state index is -0.882. The number of amides is 1. The molecular formula is C19H28N2O5. The number of rotatable bonds is 4. The van der Waals surface area contributed by atoms with Gasteiger partial charge in [-0.15, -0.1) is 0 Å². The fourth-order valence-electron chi connectivity index (χ4n) is 3.91. The Balaban J connectivity index is 1.83. The standard InChI is InChI=1S/C19H28N2O5/c1-12(22)17(20)18(23)21-7-5-19(6-8-21)14-11-16(25-3)15(24-2)10-13(14)4-9-26-19/h10-12,17,22H,4-9,20H2,1-3H3/t12-,17+/m1/s1. The zero-order chi connectivity index (χ0) is 18.9. The van der Waals surface area contributed by atoms with Crippen LogP contribution in [0.3, 0.4) is 0 Å². The van der Waals surface area contributed by atoms with Crippen molar-refractivity contribution in [3.05, 3.63) is 23.3 Å². The number of hydrogen-bond acceptors (Lipinski definition) is 6. The smallest absolute Gasteiger partial charge is 0.242 e. The van der Waals surface area contributed by atoms with Crippen molar-refractivity contribution in [3.8, 4) is 11.5 Å². The predicted octanol–water partition coefficient (Wildman–Crippen LogP) is 0.802. The van der Waals surface area contributed by atoms with Gasteiger partial charge >= 0.3 is 0 Å². The van der Waals surface area contributed by atoms with Crippen LogP contribution < -0.4 is 15.2 Å². The van der Waals surface area contributed by atoms with Crippen LogP contribution in [0.5, 0.6) is 11.5 Å². The van der Waals surface area contributed by atoms with E-state index in [-0.39, 0.29) is 5.91 Å². The molecule has 1 spiro atoms. The Hall–Kier alpha value is -1.83. The number of nitrogens with zero attached hydrogens (tertiary/aromatic N) is 1. The largest absolute Gasteiger partial charge is 0.493 e. The predicted molar refractivity (Wildman–Crippen MR) is 96.4 cm³/mol. The minimum absolute atomic E-state index is 0.210. The van der Waals surface area contributed by atoms with Gasteiger partial charge in [-0.05, 0) is 49.4 Å². The van der Waals surface area contributed by atoms with Gasteiger partial charge in [0.25, 0.3) is 0 Å². The molecule has 0 bridgehead atoms. The first-order valence-corrected chi connectivity index (χ1v) is 9.03. The molecule has 7 nitrogen and oxygen atoms in total. The molecule has 0 aromatic heterocycles. The maximum Gasteiger partial charge on any atom is 0.242 e. The molecule has 2 aliphatic heterocycles. The Labute approximate surface area is 154 Å². The molecule has 1 amide bonds. The molecule has 0 unspecified atom stereocenters. The Morgan fingerprint density at radius 1 is 1.27 bits per heavy atom. The van der Waals surface area contributed by atoms with Gasteiger partial charge in [0.05, 0.1) is 32.5 Å². The molecule has 3 N–H and O–H groups in total. The van der Waals surface area contributed by atoms with Crippen LogP contribution in [0.1, 0.15) is 30.9 Å². The highest BCUT2D eigenvalue weighted by Gasteiger charge is 2.43. The Bertz CT molecular complexity index is 668. The van der Waals surface area contributed by atoms with E-state index in [0.717, 1.165) is 17.7 Å². The average Bonchev–Trinajstić information content (AvgIpc) is 2.66. The van der Waals surface area contributed by atoms with E-state index in [2.05, 4.69) is 0 Å².